The van der Waals surface area contributed by atoms with Gasteiger partial charge in [-0.25, -0.2) is 0 Å². The van der Waals surface area contributed by atoms with Gasteiger partial charge in [-0.2, -0.15) is 0 Å². The van der Waals surface area contributed by atoms with Crippen LogP contribution in [0.3, 0.4) is 0 Å². The Bertz CT molecular complexity index is 964. The SMILES string of the molecule is CCCCCN1C(=O)C(=O)/C(=C(\O)c2ccc3c(c2)CCO3)C1c1ccccc1. The Morgan fingerprint density at radius 3 is 2.69 bits per heavy atom. The summed E-state index contributed by atoms with van der Waals surface area (Å²) in [5.74, 6) is -0.475. The van der Waals surface area contributed by atoms with Crippen molar-refractivity contribution >= 4 is 17.4 Å². The van der Waals surface area contributed by atoms with Crippen LogP contribution < -0.4 is 4.74 Å². The molecule has 2 heterocycles. The van der Waals surface area contributed by atoms with Crippen molar-refractivity contribution in [2.24, 2.45) is 0 Å². The first-order valence-electron chi connectivity index (χ1n) is 10.2. The molecule has 5 heteroatoms. The fraction of sp³-hybridized carbons (Fsp3) is 0.333. The fourth-order valence-corrected chi connectivity index (χ4v) is 4.11. The molecule has 1 fully saturated rings. The molecule has 1 N–H and O–H groups in total. The van der Waals surface area contributed by atoms with Crippen LogP contribution in [0.2, 0.25) is 0 Å². The van der Waals surface area contributed by atoms with Crippen molar-refractivity contribution in [2.75, 3.05) is 13.2 Å². The molecule has 0 aromatic heterocycles. The van der Waals surface area contributed by atoms with Crippen molar-refractivity contribution in [2.45, 2.75) is 38.6 Å². The van der Waals surface area contributed by atoms with Gasteiger partial charge in [-0.05, 0) is 35.7 Å². The molecule has 2 aromatic rings. The van der Waals surface area contributed by atoms with Gasteiger partial charge in [0.15, 0.2) is 0 Å². The van der Waals surface area contributed by atoms with Crippen molar-refractivity contribution in [3.8, 4) is 5.75 Å². The first kappa shape index (κ1) is 19.2. The molecule has 29 heavy (non-hydrogen) atoms. The average Bonchev–Trinajstić information content (AvgIpc) is 3.31. The second kappa shape index (κ2) is 8.11. The minimum absolute atomic E-state index is 0.120. The summed E-state index contributed by atoms with van der Waals surface area (Å²) in [6.45, 7) is 3.21. The molecule has 1 atom stereocenters. The van der Waals surface area contributed by atoms with Crippen LogP contribution in [0, 0.1) is 0 Å². The number of ether oxygens (including phenoxy) is 1. The van der Waals surface area contributed by atoms with E-state index in [9.17, 15) is 14.7 Å². The summed E-state index contributed by atoms with van der Waals surface area (Å²) in [5.41, 5.74) is 2.54. The third kappa shape index (κ3) is 3.53. The van der Waals surface area contributed by atoms with Crippen LogP contribution >= 0.6 is 0 Å². The van der Waals surface area contributed by atoms with Crippen LogP contribution in [-0.2, 0) is 16.0 Å². The molecule has 150 valence electrons. The Morgan fingerprint density at radius 1 is 1.14 bits per heavy atom. The maximum atomic E-state index is 12.9. The molecule has 2 aromatic carbocycles. The molecule has 2 aliphatic rings. The van der Waals surface area contributed by atoms with E-state index in [1.165, 1.54) is 0 Å². The van der Waals surface area contributed by atoms with E-state index < -0.39 is 17.7 Å². The molecule has 0 radical (unpaired) electrons. The maximum absolute atomic E-state index is 12.9. The van der Waals surface area contributed by atoms with Gasteiger partial charge in [0.2, 0.25) is 0 Å². The van der Waals surface area contributed by atoms with Crippen LogP contribution in [0.15, 0.2) is 54.1 Å². The zero-order valence-electron chi connectivity index (χ0n) is 16.6. The number of fused-ring (bicyclic) bond motifs is 1. The van der Waals surface area contributed by atoms with Crippen molar-refractivity contribution in [1.82, 2.24) is 4.90 Å². The van der Waals surface area contributed by atoms with Gasteiger partial charge >= 0.3 is 0 Å². The fourth-order valence-electron chi connectivity index (χ4n) is 4.11. The highest BCUT2D eigenvalue weighted by atomic mass is 16.5. The lowest BCUT2D eigenvalue weighted by Gasteiger charge is -2.25. The van der Waals surface area contributed by atoms with Gasteiger partial charge in [-0.3, -0.25) is 9.59 Å². The quantitative estimate of drug-likeness (QED) is 0.346. The van der Waals surface area contributed by atoms with E-state index >= 15 is 0 Å². The number of carbonyl (C=O) groups excluding carboxylic acids is 2. The smallest absolute Gasteiger partial charge is 0.295 e. The number of aliphatic hydroxyl groups is 1. The van der Waals surface area contributed by atoms with Gasteiger partial charge < -0.3 is 14.7 Å². The standard InChI is InChI=1S/C24H25NO4/c1-2-3-7-13-25-21(16-8-5-4-6-9-16)20(23(27)24(25)28)22(26)18-10-11-19-17(15-18)12-14-29-19/h4-6,8-11,15,21,26H,2-3,7,12-14H2,1H3/b22-20-. The summed E-state index contributed by atoms with van der Waals surface area (Å²) in [6, 6.07) is 14.3. The van der Waals surface area contributed by atoms with Crippen LogP contribution in [0.25, 0.3) is 5.76 Å². The third-order valence-electron chi connectivity index (χ3n) is 5.62. The number of carbonyl (C=O) groups is 2. The molecule has 2 aliphatic heterocycles. The summed E-state index contributed by atoms with van der Waals surface area (Å²) >= 11 is 0. The van der Waals surface area contributed by atoms with Crippen molar-refractivity contribution in [1.29, 1.82) is 0 Å². The predicted octanol–water partition coefficient (Wildman–Crippen LogP) is 4.23. The number of Topliss-reactive ketones (excluding diaryl/α,β-unsaturated/α-hetero) is 1. The van der Waals surface area contributed by atoms with Gasteiger partial charge in [0, 0.05) is 18.5 Å². The second-order valence-corrected chi connectivity index (χ2v) is 7.53. The summed E-state index contributed by atoms with van der Waals surface area (Å²) < 4.78 is 5.53. The molecule has 1 unspecified atom stereocenters. The summed E-state index contributed by atoms with van der Waals surface area (Å²) in [6.07, 6.45) is 3.60. The average molecular weight is 391 g/mol. The van der Waals surface area contributed by atoms with Gasteiger partial charge in [0.05, 0.1) is 18.2 Å². The lowest BCUT2D eigenvalue weighted by atomic mass is 9.94. The number of ketones is 1. The van der Waals surface area contributed by atoms with Crippen molar-refractivity contribution < 1.29 is 19.4 Å². The molecule has 0 spiro atoms. The van der Waals surface area contributed by atoms with E-state index in [-0.39, 0.29) is 11.3 Å². The van der Waals surface area contributed by atoms with E-state index in [2.05, 4.69) is 6.92 Å². The molecule has 5 nitrogen and oxygen atoms in total. The zero-order chi connectivity index (χ0) is 20.4. The van der Waals surface area contributed by atoms with Crippen LogP contribution in [0.4, 0.5) is 0 Å². The van der Waals surface area contributed by atoms with Gasteiger partial charge in [-0.1, -0.05) is 50.1 Å². The molecular weight excluding hydrogens is 366 g/mol. The van der Waals surface area contributed by atoms with E-state index in [1.807, 2.05) is 42.5 Å². The summed E-state index contributed by atoms with van der Waals surface area (Å²) in [7, 11) is 0. The van der Waals surface area contributed by atoms with E-state index in [4.69, 9.17) is 4.74 Å². The van der Waals surface area contributed by atoms with Gasteiger partial charge in [-0.15, -0.1) is 0 Å². The third-order valence-corrected chi connectivity index (χ3v) is 5.62. The number of likely N-dealkylation sites (tertiary alicyclic amines) is 1. The highest BCUT2D eigenvalue weighted by Crippen LogP contribution is 2.40. The Labute approximate surface area is 170 Å². The molecular formula is C24H25NO4. The van der Waals surface area contributed by atoms with Crippen LogP contribution in [0.1, 0.15) is 48.9 Å². The number of rotatable bonds is 6. The monoisotopic (exact) mass is 391 g/mol. The lowest BCUT2D eigenvalue weighted by Crippen LogP contribution is -2.30. The molecule has 4 rings (SSSR count). The highest BCUT2D eigenvalue weighted by Gasteiger charge is 2.45. The Kier molecular flexibility index (Phi) is 5.38. The van der Waals surface area contributed by atoms with Gasteiger partial charge in [0.1, 0.15) is 11.5 Å². The maximum Gasteiger partial charge on any atom is 0.295 e. The van der Waals surface area contributed by atoms with E-state index in [0.717, 1.165) is 42.6 Å². The zero-order valence-corrected chi connectivity index (χ0v) is 16.6. The summed E-state index contributed by atoms with van der Waals surface area (Å²) in [5, 5.41) is 11.1. The van der Waals surface area contributed by atoms with Crippen LogP contribution in [0.5, 0.6) is 5.75 Å². The number of hydrogen-bond donors (Lipinski definition) is 1. The molecule has 1 amide bonds. The molecule has 1 saturated heterocycles. The number of aliphatic hydroxyl groups excluding tert-OH is 1. The van der Waals surface area contributed by atoms with Gasteiger partial charge in [0.25, 0.3) is 11.7 Å². The molecule has 0 aliphatic carbocycles. The Hall–Kier alpha value is -3.08. The Balaban J connectivity index is 1.79. The first-order valence-corrected chi connectivity index (χ1v) is 10.2. The second-order valence-electron chi connectivity index (χ2n) is 7.53. The molecule has 0 bridgehead atoms. The number of benzene rings is 2. The van der Waals surface area contributed by atoms with E-state index in [0.29, 0.717) is 18.7 Å². The summed E-state index contributed by atoms with van der Waals surface area (Å²) in [4.78, 5) is 27.4. The van der Waals surface area contributed by atoms with Crippen molar-refractivity contribution in [3.63, 3.8) is 0 Å². The largest absolute Gasteiger partial charge is 0.507 e. The molecule has 0 saturated carbocycles. The predicted molar refractivity (Wildman–Crippen MR) is 111 cm³/mol. The minimum atomic E-state index is -0.621. The van der Waals surface area contributed by atoms with Crippen LogP contribution in [-0.4, -0.2) is 34.8 Å². The first-order chi connectivity index (χ1) is 14.1. The number of unbranched alkanes of at least 4 members (excludes halogenated alkanes) is 2. The topological polar surface area (TPSA) is 66.8 Å². The Morgan fingerprint density at radius 2 is 1.93 bits per heavy atom. The number of hydrogen-bond acceptors (Lipinski definition) is 4. The minimum Gasteiger partial charge on any atom is -0.507 e. The lowest BCUT2D eigenvalue weighted by molar-refractivity contribution is -0.139. The number of amides is 1. The normalized spacial score (nSPS) is 20.0. The van der Waals surface area contributed by atoms with E-state index in [1.54, 1.807) is 11.0 Å². The number of nitrogens with zero attached hydrogens (tertiary/aromatic N) is 1. The highest BCUT2D eigenvalue weighted by molar-refractivity contribution is 6.46. The van der Waals surface area contributed by atoms with Crippen molar-refractivity contribution in [3.05, 3.63) is 70.8 Å².